The van der Waals surface area contributed by atoms with E-state index in [1.54, 1.807) is 7.05 Å². The van der Waals surface area contributed by atoms with Crippen molar-refractivity contribution in [1.29, 1.82) is 0 Å². The van der Waals surface area contributed by atoms with Crippen molar-refractivity contribution in [3.8, 4) is 5.75 Å². The first-order valence-electron chi connectivity index (χ1n) is 6.90. The molecule has 0 fully saturated rings. The monoisotopic (exact) mass is 280 g/mol. The molecule has 1 atom stereocenters. The molecule has 2 amide bonds. The zero-order chi connectivity index (χ0) is 15.0. The fourth-order valence-electron chi connectivity index (χ4n) is 1.74. The van der Waals surface area contributed by atoms with Gasteiger partial charge in [0.2, 0.25) is 0 Å². The lowest BCUT2D eigenvalue weighted by Crippen LogP contribution is -2.43. The summed E-state index contributed by atoms with van der Waals surface area (Å²) < 4.78 is 5.85. The highest BCUT2D eigenvalue weighted by atomic mass is 16.5. The summed E-state index contributed by atoms with van der Waals surface area (Å²) in [4.78, 5) is 13.2. The smallest absolute Gasteiger partial charge is 0.317 e. The largest absolute Gasteiger partial charge is 0.489 e. The first kappa shape index (κ1) is 16.3. The van der Waals surface area contributed by atoms with Crippen LogP contribution in [0.25, 0.3) is 0 Å². The molecule has 0 aliphatic heterocycles. The van der Waals surface area contributed by atoms with Gasteiger partial charge in [0.25, 0.3) is 0 Å². The van der Waals surface area contributed by atoms with Gasteiger partial charge in [0.1, 0.15) is 11.9 Å². The zero-order valence-corrected chi connectivity index (χ0v) is 12.4. The molecule has 5 heteroatoms. The number of nitrogens with zero attached hydrogens (tertiary/aromatic N) is 1. The Kier molecular flexibility index (Phi) is 6.87. The van der Waals surface area contributed by atoms with Crippen molar-refractivity contribution in [2.45, 2.75) is 26.4 Å². The molecule has 0 spiro atoms. The molecule has 5 nitrogen and oxygen atoms in total. The number of likely N-dealkylation sites (N-methyl/N-ethyl adjacent to an activating group) is 1. The molecule has 1 aromatic rings. The lowest BCUT2D eigenvalue weighted by Gasteiger charge is -2.21. The Morgan fingerprint density at radius 3 is 2.85 bits per heavy atom. The highest BCUT2D eigenvalue weighted by Crippen LogP contribution is 2.15. The van der Waals surface area contributed by atoms with Crippen LogP contribution in [0.4, 0.5) is 4.79 Å². The number of aryl methyl sites for hydroxylation is 1. The number of amides is 2. The van der Waals surface area contributed by atoms with Crippen LogP contribution < -0.4 is 10.1 Å². The van der Waals surface area contributed by atoms with Gasteiger partial charge in [-0.05, 0) is 31.0 Å². The van der Waals surface area contributed by atoms with Gasteiger partial charge in [-0.2, -0.15) is 0 Å². The Labute approximate surface area is 120 Å². The van der Waals surface area contributed by atoms with Crippen molar-refractivity contribution in [2.24, 2.45) is 0 Å². The summed E-state index contributed by atoms with van der Waals surface area (Å²) in [6.07, 6.45) is 0.737. The number of carbonyl (C=O) groups is 1. The summed E-state index contributed by atoms with van der Waals surface area (Å²) in [7, 11) is 1.65. The molecule has 0 aromatic heterocycles. The minimum Gasteiger partial charge on any atom is -0.489 e. The highest BCUT2D eigenvalue weighted by Gasteiger charge is 2.12. The number of ether oxygens (including phenoxy) is 1. The van der Waals surface area contributed by atoms with Crippen molar-refractivity contribution < 1.29 is 14.6 Å². The molecule has 0 heterocycles. The first-order chi connectivity index (χ1) is 9.56. The number of benzene rings is 1. The van der Waals surface area contributed by atoms with Gasteiger partial charge in [0.15, 0.2) is 0 Å². The topological polar surface area (TPSA) is 61.8 Å². The fraction of sp³-hybridized carbons (Fsp3) is 0.533. The molecule has 0 aliphatic rings. The van der Waals surface area contributed by atoms with Crippen LogP contribution in [0.3, 0.4) is 0 Å². The molecule has 112 valence electrons. The minimum absolute atomic E-state index is 0.0408. The Hall–Kier alpha value is -1.75. The Morgan fingerprint density at radius 2 is 2.25 bits per heavy atom. The number of aliphatic hydroxyl groups excluding tert-OH is 1. The Morgan fingerprint density at radius 1 is 1.50 bits per heavy atom. The minimum atomic E-state index is -0.203. The van der Waals surface area contributed by atoms with Crippen LogP contribution >= 0.6 is 0 Å². The molecule has 1 aromatic carbocycles. The van der Waals surface area contributed by atoms with Crippen LogP contribution in [0.15, 0.2) is 24.3 Å². The van der Waals surface area contributed by atoms with Gasteiger partial charge < -0.3 is 20.1 Å². The maximum atomic E-state index is 11.7. The van der Waals surface area contributed by atoms with Gasteiger partial charge in [0, 0.05) is 13.6 Å². The van der Waals surface area contributed by atoms with E-state index in [1.807, 2.05) is 38.1 Å². The second-order valence-electron chi connectivity index (χ2n) is 4.80. The summed E-state index contributed by atoms with van der Waals surface area (Å²) in [6.45, 7) is 4.75. The van der Waals surface area contributed by atoms with Crippen molar-refractivity contribution in [2.75, 3.05) is 26.7 Å². The van der Waals surface area contributed by atoms with Gasteiger partial charge in [-0.3, -0.25) is 0 Å². The van der Waals surface area contributed by atoms with Crippen LogP contribution in [0.5, 0.6) is 5.75 Å². The van der Waals surface area contributed by atoms with E-state index < -0.39 is 0 Å². The van der Waals surface area contributed by atoms with Crippen LogP contribution in [0.1, 0.15) is 18.9 Å². The van der Waals surface area contributed by atoms with Crippen LogP contribution in [0.2, 0.25) is 0 Å². The zero-order valence-electron chi connectivity index (χ0n) is 12.4. The highest BCUT2D eigenvalue weighted by molar-refractivity contribution is 5.73. The van der Waals surface area contributed by atoms with E-state index in [4.69, 9.17) is 9.84 Å². The molecule has 0 aliphatic carbocycles. The summed E-state index contributed by atoms with van der Waals surface area (Å²) >= 11 is 0. The van der Waals surface area contributed by atoms with E-state index in [-0.39, 0.29) is 18.7 Å². The number of rotatable bonds is 7. The lowest BCUT2D eigenvalue weighted by molar-refractivity contribution is 0.171. The average Bonchev–Trinajstić information content (AvgIpc) is 2.43. The van der Waals surface area contributed by atoms with Crippen LogP contribution in [-0.4, -0.2) is 48.9 Å². The normalized spacial score (nSPS) is 11.8. The molecule has 0 radical (unpaired) electrons. The molecular weight excluding hydrogens is 256 g/mol. The van der Waals surface area contributed by atoms with Gasteiger partial charge in [-0.25, -0.2) is 4.79 Å². The van der Waals surface area contributed by atoms with E-state index in [9.17, 15) is 4.79 Å². The van der Waals surface area contributed by atoms with Crippen molar-refractivity contribution in [3.05, 3.63) is 29.8 Å². The van der Waals surface area contributed by atoms with Crippen molar-refractivity contribution in [3.63, 3.8) is 0 Å². The standard InChI is InChI=1S/C15H24N2O3/c1-4-13(11-16-15(19)17(3)8-9-18)20-14-7-5-6-12(2)10-14/h5-7,10,13,18H,4,8-9,11H2,1-3H3,(H,16,19). The molecule has 1 rings (SSSR count). The van der Waals surface area contributed by atoms with E-state index in [1.165, 1.54) is 4.90 Å². The Bertz CT molecular complexity index is 423. The van der Waals surface area contributed by atoms with Crippen molar-refractivity contribution in [1.82, 2.24) is 10.2 Å². The molecule has 20 heavy (non-hydrogen) atoms. The second-order valence-corrected chi connectivity index (χ2v) is 4.80. The first-order valence-corrected chi connectivity index (χ1v) is 6.90. The number of carbonyl (C=O) groups excluding carboxylic acids is 1. The van der Waals surface area contributed by atoms with E-state index in [0.29, 0.717) is 13.1 Å². The Balaban J connectivity index is 2.45. The van der Waals surface area contributed by atoms with Crippen LogP contribution in [0, 0.1) is 6.92 Å². The van der Waals surface area contributed by atoms with Crippen LogP contribution in [-0.2, 0) is 0 Å². The third kappa shape index (κ3) is 5.48. The predicted octanol–water partition coefficient (Wildman–Crippen LogP) is 1.79. The summed E-state index contributed by atoms with van der Waals surface area (Å²) in [5.74, 6) is 0.815. The third-order valence-electron chi connectivity index (χ3n) is 3.01. The van der Waals surface area contributed by atoms with Gasteiger partial charge in [-0.15, -0.1) is 0 Å². The third-order valence-corrected chi connectivity index (χ3v) is 3.01. The maximum absolute atomic E-state index is 11.7. The second kappa shape index (κ2) is 8.43. The summed E-state index contributed by atoms with van der Waals surface area (Å²) in [5, 5.41) is 11.6. The number of aliphatic hydroxyl groups is 1. The van der Waals surface area contributed by atoms with Gasteiger partial charge in [-0.1, -0.05) is 19.1 Å². The molecule has 0 saturated heterocycles. The summed E-state index contributed by atoms with van der Waals surface area (Å²) in [6, 6.07) is 7.65. The lowest BCUT2D eigenvalue weighted by atomic mass is 10.2. The van der Waals surface area contributed by atoms with E-state index >= 15 is 0 Å². The fourth-order valence-corrected chi connectivity index (χ4v) is 1.74. The maximum Gasteiger partial charge on any atom is 0.317 e. The van der Waals surface area contributed by atoms with Gasteiger partial charge in [0.05, 0.1) is 13.2 Å². The number of hydrogen-bond donors (Lipinski definition) is 2. The number of urea groups is 1. The van der Waals surface area contributed by atoms with E-state index in [2.05, 4.69) is 5.32 Å². The summed E-state index contributed by atoms with van der Waals surface area (Å²) in [5.41, 5.74) is 1.14. The van der Waals surface area contributed by atoms with Crippen molar-refractivity contribution >= 4 is 6.03 Å². The quantitative estimate of drug-likeness (QED) is 0.800. The molecule has 0 bridgehead atoms. The predicted molar refractivity (Wildman–Crippen MR) is 79.0 cm³/mol. The van der Waals surface area contributed by atoms with Gasteiger partial charge >= 0.3 is 6.03 Å². The average molecular weight is 280 g/mol. The molecule has 1 unspecified atom stereocenters. The number of hydrogen-bond acceptors (Lipinski definition) is 3. The molecule has 0 saturated carbocycles. The molecular formula is C15H24N2O3. The number of nitrogens with one attached hydrogen (secondary N) is 1. The molecule has 2 N–H and O–H groups in total. The van der Waals surface area contributed by atoms with E-state index in [0.717, 1.165) is 17.7 Å². The SMILES string of the molecule is CCC(CNC(=O)N(C)CCO)Oc1cccc(C)c1.